The van der Waals surface area contributed by atoms with Crippen LogP contribution in [-0.4, -0.2) is 57.3 Å². The van der Waals surface area contributed by atoms with E-state index in [1.54, 1.807) is 0 Å². The maximum absolute atomic E-state index is 10.0. The highest BCUT2D eigenvalue weighted by atomic mass is 32.1. The van der Waals surface area contributed by atoms with E-state index in [9.17, 15) is 5.11 Å². The Morgan fingerprint density at radius 2 is 2.15 bits per heavy atom. The Kier molecular flexibility index (Phi) is 4.73. The van der Waals surface area contributed by atoms with Crippen LogP contribution in [0.5, 0.6) is 0 Å². The number of aliphatic hydroxyl groups excluding tert-OH is 1. The monoisotopic (exact) mass is 300 g/mol. The minimum Gasteiger partial charge on any atom is -0.391 e. The van der Waals surface area contributed by atoms with Crippen LogP contribution < -0.4 is 16.4 Å². The summed E-state index contributed by atoms with van der Waals surface area (Å²) >= 11 is 5.01. The molecule has 1 aliphatic rings. The van der Waals surface area contributed by atoms with Crippen LogP contribution in [0.25, 0.3) is 0 Å². The van der Waals surface area contributed by atoms with Crippen LogP contribution in [-0.2, 0) is 4.74 Å². The zero-order valence-electron chi connectivity index (χ0n) is 11.4. The third kappa shape index (κ3) is 3.00. The van der Waals surface area contributed by atoms with Gasteiger partial charge in [0, 0.05) is 13.1 Å². The van der Waals surface area contributed by atoms with Crippen molar-refractivity contribution in [3.63, 3.8) is 0 Å². The third-order valence-electron chi connectivity index (χ3n) is 3.28. The average molecular weight is 300 g/mol. The summed E-state index contributed by atoms with van der Waals surface area (Å²) in [6, 6.07) is -0.641. The van der Waals surface area contributed by atoms with Gasteiger partial charge in [-0.1, -0.05) is 19.1 Å². The van der Waals surface area contributed by atoms with Crippen LogP contribution in [0.15, 0.2) is 0 Å². The quantitative estimate of drug-likeness (QED) is 0.611. The molecule has 0 aromatic carbocycles. The first kappa shape index (κ1) is 14.9. The minimum absolute atomic E-state index is 0.143. The van der Waals surface area contributed by atoms with E-state index in [4.69, 9.17) is 28.4 Å². The van der Waals surface area contributed by atoms with Gasteiger partial charge in [-0.25, -0.2) is 4.68 Å². The predicted molar refractivity (Wildman–Crippen MR) is 79.6 cm³/mol. The van der Waals surface area contributed by atoms with Crippen molar-refractivity contribution >= 4 is 29.1 Å². The number of anilines is 2. The van der Waals surface area contributed by atoms with Crippen molar-refractivity contribution in [1.82, 2.24) is 14.8 Å². The standard InChI is InChI=1S/C11H20N6O2S/c1-2-7(18)8(9(12)20)17-10(13)14-11(15-17)16-3-5-19-6-4-16/h7-8,18H,2-6H2,1H3,(H2,12,20)(H2,13,14,15). The van der Waals surface area contributed by atoms with Crippen molar-refractivity contribution in [1.29, 1.82) is 0 Å². The largest absolute Gasteiger partial charge is 0.391 e. The molecule has 0 radical (unpaired) electrons. The van der Waals surface area contributed by atoms with Crippen molar-refractivity contribution in [3.8, 4) is 0 Å². The third-order valence-corrected chi connectivity index (χ3v) is 3.52. The van der Waals surface area contributed by atoms with Gasteiger partial charge in [-0.3, -0.25) is 0 Å². The van der Waals surface area contributed by atoms with E-state index >= 15 is 0 Å². The summed E-state index contributed by atoms with van der Waals surface area (Å²) in [5.41, 5.74) is 11.6. The van der Waals surface area contributed by atoms with E-state index in [-0.39, 0.29) is 10.9 Å². The molecule has 1 aromatic heterocycles. The SMILES string of the molecule is CCC(O)C(C(N)=S)n1nc(N2CCOCC2)nc1N. The zero-order valence-corrected chi connectivity index (χ0v) is 12.2. The Labute approximate surface area is 122 Å². The highest BCUT2D eigenvalue weighted by Crippen LogP contribution is 2.21. The first-order chi connectivity index (χ1) is 9.54. The van der Waals surface area contributed by atoms with Gasteiger partial charge in [-0.2, -0.15) is 4.98 Å². The fourth-order valence-electron chi connectivity index (χ4n) is 2.12. The fraction of sp³-hybridized carbons (Fsp3) is 0.727. The normalized spacial score (nSPS) is 18.8. The van der Waals surface area contributed by atoms with Crippen molar-refractivity contribution in [2.24, 2.45) is 5.73 Å². The lowest BCUT2D eigenvalue weighted by Gasteiger charge is -2.25. The maximum Gasteiger partial charge on any atom is 0.246 e. The van der Waals surface area contributed by atoms with Gasteiger partial charge < -0.3 is 26.2 Å². The lowest BCUT2D eigenvalue weighted by atomic mass is 10.1. The molecule has 0 aliphatic carbocycles. The molecule has 1 aliphatic heterocycles. The van der Waals surface area contributed by atoms with Crippen molar-refractivity contribution in [2.45, 2.75) is 25.5 Å². The van der Waals surface area contributed by atoms with Crippen molar-refractivity contribution in [3.05, 3.63) is 0 Å². The summed E-state index contributed by atoms with van der Waals surface area (Å²) in [7, 11) is 0. The molecule has 1 fully saturated rings. The van der Waals surface area contributed by atoms with E-state index in [2.05, 4.69) is 10.1 Å². The van der Waals surface area contributed by atoms with Gasteiger partial charge in [-0.05, 0) is 6.42 Å². The smallest absolute Gasteiger partial charge is 0.246 e. The molecule has 2 heterocycles. The maximum atomic E-state index is 10.0. The number of aromatic nitrogens is 3. The lowest BCUT2D eigenvalue weighted by Crippen LogP contribution is -2.38. The number of ether oxygens (including phenoxy) is 1. The highest BCUT2D eigenvalue weighted by molar-refractivity contribution is 7.80. The summed E-state index contributed by atoms with van der Waals surface area (Å²) in [6.07, 6.45) is -0.247. The second-order valence-electron chi connectivity index (χ2n) is 4.64. The van der Waals surface area contributed by atoms with Crippen molar-refractivity contribution in [2.75, 3.05) is 36.9 Å². The Morgan fingerprint density at radius 1 is 1.50 bits per heavy atom. The Morgan fingerprint density at radius 3 is 2.70 bits per heavy atom. The van der Waals surface area contributed by atoms with E-state index < -0.39 is 12.1 Å². The number of nitrogen functional groups attached to an aromatic ring is 1. The van der Waals surface area contributed by atoms with Gasteiger partial charge in [0.1, 0.15) is 11.0 Å². The van der Waals surface area contributed by atoms with Crippen LogP contribution in [0.1, 0.15) is 19.4 Å². The second-order valence-corrected chi connectivity index (χ2v) is 5.11. The topological polar surface area (TPSA) is 115 Å². The summed E-state index contributed by atoms with van der Waals surface area (Å²) in [5.74, 6) is 0.701. The van der Waals surface area contributed by atoms with Gasteiger partial charge in [0.25, 0.3) is 0 Å². The Hall–Kier alpha value is -1.45. The van der Waals surface area contributed by atoms with Gasteiger partial charge in [0.2, 0.25) is 11.9 Å². The van der Waals surface area contributed by atoms with Crippen molar-refractivity contribution < 1.29 is 9.84 Å². The molecule has 9 heteroatoms. The van der Waals surface area contributed by atoms with E-state index in [0.29, 0.717) is 38.7 Å². The van der Waals surface area contributed by atoms with E-state index in [1.807, 2.05) is 11.8 Å². The van der Waals surface area contributed by atoms with Crippen LogP contribution in [0.3, 0.4) is 0 Å². The molecule has 8 nitrogen and oxygen atoms in total. The van der Waals surface area contributed by atoms with Crippen LogP contribution in [0.4, 0.5) is 11.9 Å². The van der Waals surface area contributed by atoms with Gasteiger partial charge >= 0.3 is 0 Å². The lowest BCUT2D eigenvalue weighted by molar-refractivity contribution is 0.121. The molecule has 0 saturated carbocycles. The molecular formula is C11H20N6O2S. The number of morpholine rings is 1. The van der Waals surface area contributed by atoms with Gasteiger partial charge in [-0.15, -0.1) is 5.10 Å². The second kappa shape index (κ2) is 6.33. The summed E-state index contributed by atoms with van der Waals surface area (Å²) in [5, 5.41) is 14.4. The molecule has 0 spiro atoms. The summed E-state index contributed by atoms with van der Waals surface area (Å²) in [4.78, 5) is 6.35. The number of aliphatic hydroxyl groups is 1. The molecular weight excluding hydrogens is 280 g/mol. The molecule has 1 saturated heterocycles. The molecule has 5 N–H and O–H groups in total. The molecule has 0 amide bonds. The number of hydrogen-bond acceptors (Lipinski definition) is 7. The zero-order chi connectivity index (χ0) is 14.7. The van der Waals surface area contributed by atoms with Crippen LogP contribution in [0, 0.1) is 0 Å². The number of nitrogens with two attached hydrogens (primary N) is 2. The predicted octanol–water partition coefficient (Wildman–Crippen LogP) is -0.705. The molecule has 2 atom stereocenters. The number of rotatable bonds is 5. The van der Waals surface area contributed by atoms with Crippen LogP contribution >= 0.6 is 12.2 Å². The van der Waals surface area contributed by atoms with E-state index in [0.717, 1.165) is 0 Å². The number of hydrogen-bond donors (Lipinski definition) is 3. The molecule has 20 heavy (non-hydrogen) atoms. The first-order valence-corrected chi connectivity index (χ1v) is 6.97. The van der Waals surface area contributed by atoms with E-state index in [1.165, 1.54) is 4.68 Å². The molecule has 0 bridgehead atoms. The Bertz CT molecular complexity index is 473. The van der Waals surface area contributed by atoms with Gasteiger partial charge in [0.05, 0.1) is 19.3 Å². The van der Waals surface area contributed by atoms with Gasteiger partial charge in [0.15, 0.2) is 0 Å². The minimum atomic E-state index is -0.742. The summed E-state index contributed by atoms with van der Waals surface area (Å²) < 4.78 is 6.69. The molecule has 2 rings (SSSR count). The number of thiocarbonyl (C=S) groups is 1. The average Bonchev–Trinajstić information content (AvgIpc) is 2.81. The molecule has 112 valence electrons. The summed E-state index contributed by atoms with van der Waals surface area (Å²) in [6.45, 7) is 4.51. The fourth-order valence-corrected chi connectivity index (χ4v) is 2.38. The van der Waals surface area contributed by atoms with Crippen LogP contribution in [0.2, 0.25) is 0 Å². The highest BCUT2D eigenvalue weighted by Gasteiger charge is 2.27. The Balaban J connectivity index is 2.27. The molecule has 1 aromatic rings. The number of nitrogens with zero attached hydrogens (tertiary/aromatic N) is 4. The molecule has 2 unspecified atom stereocenters. The first-order valence-electron chi connectivity index (χ1n) is 6.56.